The molecular weight excluding hydrogens is 600 g/mol. The molecule has 0 amide bonds. The van der Waals surface area contributed by atoms with Gasteiger partial charge >= 0.3 is 6.01 Å². The molecule has 5 heterocycles. The van der Waals surface area contributed by atoms with Crippen molar-refractivity contribution in [2.75, 3.05) is 44.4 Å². The number of ether oxygens (including phenoxy) is 2. The fourth-order valence-corrected chi connectivity index (χ4v) is 8.43. The predicted octanol–water partition coefficient (Wildman–Crippen LogP) is 6.21. The average molecular weight is 644 g/mol. The highest BCUT2D eigenvalue weighted by molar-refractivity contribution is 6.03. The summed E-state index contributed by atoms with van der Waals surface area (Å²) in [5, 5.41) is 16.0. The Balaban J connectivity index is 1.22. The number of fused-ring (bicyclic) bond motifs is 6. The maximum atomic E-state index is 17.0. The summed E-state index contributed by atoms with van der Waals surface area (Å²) in [6.45, 7) is 10.5. The lowest BCUT2D eigenvalue weighted by Crippen LogP contribution is -2.51. The van der Waals surface area contributed by atoms with Gasteiger partial charge in [0.15, 0.2) is 5.82 Å². The second kappa shape index (κ2) is 11.8. The molecule has 4 aliphatic heterocycles. The molecule has 248 valence electrons. The smallest absolute Gasteiger partial charge is 0.319 e. The number of nitrogens with one attached hydrogen (secondary N) is 1. The van der Waals surface area contributed by atoms with Crippen LogP contribution in [-0.2, 0) is 11.2 Å². The number of rotatable bonds is 8. The highest BCUT2D eigenvalue weighted by atomic mass is 19.1. The molecule has 2 N–H and O–H groups in total. The first-order chi connectivity index (χ1) is 22.7. The summed E-state index contributed by atoms with van der Waals surface area (Å²) in [6, 6.07) is 11.7. The minimum absolute atomic E-state index is 0.0155. The zero-order valence-electron chi connectivity index (χ0n) is 27.4. The number of morpholine rings is 1. The molecule has 4 atom stereocenters. The van der Waals surface area contributed by atoms with Gasteiger partial charge in [0.05, 0.1) is 25.4 Å². The number of nitrogens with zero attached hydrogens (tertiary/aromatic N) is 4. The second-order valence-electron chi connectivity index (χ2n) is 14.7. The lowest BCUT2D eigenvalue weighted by Gasteiger charge is -2.39. The first-order valence-electron chi connectivity index (χ1n) is 17.1. The van der Waals surface area contributed by atoms with Crippen molar-refractivity contribution < 1.29 is 23.4 Å². The third-order valence-electron chi connectivity index (χ3n) is 10.7. The maximum absolute atomic E-state index is 17.0. The van der Waals surface area contributed by atoms with Crippen LogP contribution in [0.5, 0.6) is 11.8 Å². The van der Waals surface area contributed by atoms with Crippen LogP contribution in [0.3, 0.4) is 0 Å². The number of hydrogen-bond acceptors (Lipinski definition) is 8. The van der Waals surface area contributed by atoms with Crippen LogP contribution in [0, 0.1) is 17.0 Å². The Bertz CT molecular complexity index is 1820. The molecule has 47 heavy (non-hydrogen) atoms. The number of aryl methyl sites for hydroxylation is 1. The van der Waals surface area contributed by atoms with E-state index in [4.69, 9.17) is 14.5 Å². The van der Waals surface area contributed by atoms with Crippen molar-refractivity contribution >= 4 is 27.5 Å². The van der Waals surface area contributed by atoms with Gasteiger partial charge in [-0.1, -0.05) is 39.0 Å². The van der Waals surface area contributed by atoms with Crippen molar-refractivity contribution in [2.45, 2.75) is 77.0 Å². The Labute approximate surface area is 274 Å². The lowest BCUT2D eigenvalue weighted by molar-refractivity contribution is -0.0354. The summed E-state index contributed by atoms with van der Waals surface area (Å²) >= 11 is 0. The Kier molecular flexibility index (Phi) is 7.73. The van der Waals surface area contributed by atoms with Gasteiger partial charge in [-0.15, -0.1) is 0 Å². The topological polar surface area (TPSA) is 83.0 Å². The van der Waals surface area contributed by atoms with Gasteiger partial charge in [-0.2, -0.15) is 9.97 Å². The van der Waals surface area contributed by atoms with E-state index in [1.54, 1.807) is 6.07 Å². The molecule has 4 aromatic rings. The molecule has 3 aromatic carbocycles. The van der Waals surface area contributed by atoms with E-state index in [0.29, 0.717) is 72.4 Å². The standard InChI is InChI=1S/C37H43F2N5O3/c1-4-21-6-5-7-22-12-27(45)13-28(31(21)22)32-30(38)14-29-34(33(32)39)41-36(42-35(29)43-15-23-8-9-24(16-43)40-23)47-20-37(2,3)19-44-25-10-11-26(44)18-46-17-25/h5-7,12-14,23-26,40,45H,4,8-11,15-20H2,1-3H3. The molecule has 4 bridgehead atoms. The number of phenols is 1. The van der Waals surface area contributed by atoms with Gasteiger partial charge in [0, 0.05) is 54.6 Å². The molecule has 4 saturated heterocycles. The fraction of sp³-hybridized carbons (Fsp3) is 0.514. The summed E-state index contributed by atoms with van der Waals surface area (Å²) in [7, 11) is 0. The summed E-state index contributed by atoms with van der Waals surface area (Å²) in [5.74, 6) is -1.06. The second-order valence-corrected chi connectivity index (χ2v) is 14.7. The fourth-order valence-electron chi connectivity index (χ4n) is 8.43. The van der Waals surface area contributed by atoms with Crippen LogP contribution in [0.1, 0.15) is 52.0 Å². The van der Waals surface area contributed by atoms with E-state index in [1.807, 2.05) is 25.1 Å². The van der Waals surface area contributed by atoms with Crippen LogP contribution in [0.4, 0.5) is 14.6 Å². The zero-order chi connectivity index (χ0) is 32.4. The molecule has 4 fully saturated rings. The van der Waals surface area contributed by atoms with E-state index in [9.17, 15) is 5.11 Å². The van der Waals surface area contributed by atoms with Crippen molar-refractivity contribution in [3.05, 3.63) is 53.6 Å². The van der Waals surface area contributed by atoms with Crippen LogP contribution in [0.25, 0.3) is 32.8 Å². The molecule has 1 aromatic heterocycles. The van der Waals surface area contributed by atoms with Crippen molar-refractivity contribution in [3.63, 3.8) is 0 Å². The molecule has 10 heteroatoms. The summed E-state index contributed by atoms with van der Waals surface area (Å²) in [5.41, 5.74) is 0.823. The molecule has 0 spiro atoms. The van der Waals surface area contributed by atoms with Gasteiger partial charge < -0.3 is 24.8 Å². The van der Waals surface area contributed by atoms with Gasteiger partial charge in [-0.3, -0.25) is 4.90 Å². The van der Waals surface area contributed by atoms with Crippen molar-refractivity contribution in [1.29, 1.82) is 0 Å². The van der Waals surface area contributed by atoms with Crippen LogP contribution in [-0.4, -0.2) is 83.6 Å². The van der Waals surface area contributed by atoms with Crippen LogP contribution >= 0.6 is 0 Å². The highest BCUT2D eigenvalue weighted by Crippen LogP contribution is 2.42. The van der Waals surface area contributed by atoms with E-state index < -0.39 is 11.6 Å². The van der Waals surface area contributed by atoms with E-state index in [0.717, 1.165) is 56.4 Å². The maximum Gasteiger partial charge on any atom is 0.319 e. The number of aromatic nitrogens is 2. The zero-order valence-corrected chi connectivity index (χ0v) is 27.4. The molecular formula is C37H43F2N5O3. The van der Waals surface area contributed by atoms with Crippen molar-refractivity contribution in [3.8, 4) is 22.9 Å². The Hall–Kier alpha value is -3.60. The SMILES string of the molecule is CCc1cccc2cc(O)cc(-c3c(F)cc4c(N5CC6CCC(C5)N6)nc(OCC(C)(C)CN5C6CCC5COC6)nc4c3F)c12. The molecule has 4 unspecified atom stereocenters. The Morgan fingerprint density at radius 2 is 1.77 bits per heavy atom. The first-order valence-corrected chi connectivity index (χ1v) is 17.1. The number of piperazine rings is 1. The molecule has 0 saturated carbocycles. The van der Waals surface area contributed by atoms with Crippen LogP contribution < -0.4 is 15.0 Å². The Morgan fingerprint density at radius 3 is 2.49 bits per heavy atom. The molecule has 0 aliphatic carbocycles. The normalized spacial score (nSPS) is 24.5. The minimum Gasteiger partial charge on any atom is -0.508 e. The number of phenolic OH excluding ortho intramolecular Hbond substituents is 1. The number of benzene rings is 3. The minimum atomic E-state index is -0.784. The van der Waals surface area contributed by atoms with Gasteiger partial charge in [0.25, 0.3) is 0 Å². The van der Waals surface area contributed by atoms with E-state index in [2.05, 4.69) is 33.9 Å². The first kappa shape index (κ1) is 30.7. The highest BCUT2D eigenvalue weighted by Gasteiger charge is 2.40. The number of aromatic hydroxyl groups is 1. The molecule has 4 aliphatic rings. The van der Waals surface area contributed by atoms with Gasteiger partial charge in [-0.05, 0) is 72.2 Å². The summed E-state index contributed by atoms with van der Waals surface area (Å²) in [6.07, 6.45) is 5.09. The van der Waals surface area contributed by atoms with Crippen LogP contribution in [0.15, 0.2) is 36.4 Å². The van der Waals surface area contributed by atoms with E-state index in [1.165, 1.54) is 12.1 Å². The third kappa shape index (κ3) is 5.58. The summed E-state index contributed by atoms with van der Waals surface area (Å²) in [4.78, 5) is 14.2. The van der Waals surface area contributed by atoms with Gasteiger partial charge in [-0.25, -0.2) is 8.78 Å². The number of hydrogen-bond donors (Lipinski definition) is 2. The number of halogens is 2. The number of anilines is 1. The van der Waals surface area contributed by atoms with Gasteiger partial charge in [0.1, 0.15) is 22.9 Å². The molecule has 8 nitrogen and oxygen atoms in total. The van der Waals surface area contributed by atoms with Crippen molar-refractivity contribution in [2.24, 2.45) is 5.41 Å². The predicted molar refractivity (Wildman–Crippen MR) is 179 cm³/mol. The van der Waals surface area contributed by atoms with Gasteiger partial charge in [0.2, 0.25) is 0 Å². The lowest BCUT2D eigenvalue weighted by atomic mass is 9.92. The van der Waals surface area contributed by atoms with E-state index in [-0.39, 0.29) is 28.3 Å². The van der Waals surface area contributed by atoms with E-state index >= 15 is 8.78 Å². The quantitative estimate of drug-likeness (QED) is 0.235. The van der Waals surface area contributed by atoms with Crippen LogP contribution in [0.2, 0.25) is 0 Å². The largest absolute Gasteiger partial charge is 0.508 e. The third-order valence-corrected chi connectivity index (χ3v) is 10.7. The summed E-state index contributed by atoms with van der Waals surface area (Å²) < 4.78 is 45.4. The van der Waals surface area contributed by atoms with Crippen molar-refractivity contribution in [1.82, 2.24) is 20.2 Å². The Morgan fingerprint density at radius 1 is 1.02 bits per heavy atom. The monoisotopic (exact) mass is 643 g/mol. The average Bonchev–Trinajstić information content (AvgIpc) is 3.47. The molecule has 8 rings (SSSR count). The molecule has 0 radical (unpaired) electrons.